The van der Waals surface area contributed by atoms with Gasteiger partial charge in [0, 0.05) is 46.3 Å². The van der Waals surface area contributed by atoms with Crippen LogP contribution in [0.25, 0.3) is 17.0 Å². The van der Waals surface area contributed by atoms with Gasteiger partial charge in [0.25, 0.3) is 5.91 Å². The first-order chi connectivity index (χ1) is 15.9. The summed E-state index contributed by atoms with van der Waals surface area (Å²) in [6.45, 7) is 0.581. The van der Waals surface area contributed by atoms with Crippen molar-refractivity contribution in [1.29, 1.82) is 0 Å². The number of likely N-dealkylation sites (N-methyl/N-ethyl adjacent to an activating group) is 1. The van der Waals surface area contributed by atoms with Crippen LogP contribution in [0.3, 0.4) is 0 Å². The topological polar surface area (TPSA) is 28.5 Å². The van der Waals surface area contributed by atoms with Gasteiger partial charge >= 0.3 is 0 Å². The van der Waals surface area contributed by atoms with E-state index in [-0.39, 0.29) is 5.91 Å². The Hall–Kier alpha value is -3.12. The van der Waals surface area contributed by atoms with Gasteiger partial charge in [-0.15, -0.1) is 0 Å². The molecule has 0 N–H and O–H groups in total. The highest BCUT2D eigenvalue weighted by molar-refractivity contribution is 7.80. The molecule has 0 bridgehead atoms. The standard InChI is InChI=1S/C26H19Cl2N3OS/c1-29-24(25(32)31(26(29)33)20-7-3-2-4-8-20)13-18-16-30(23-10-6-5-9-21(18)23)15-17-11-12-19(27)14-22(17)28/h2-14,16H,15H2,1H3/b24-13-. The van der Waals surface area contributed by atoms with Gasteiger partial charge in [0.05, 0.1) is 5.69 Å². The Morgan fingerprint density at radius 2 is 1.70 bits per heavy atom. The molecule has 1 aliphatic rings. The first-order valence-corrected chi connectivity index (χ1v) is 11.5. The summed E-state index contributed by atoms with van der Waals surface area (Å²) in [6, 6.07) is 23.1. The number of carbonyl (C=O) groups excluding carboxylic acids is 1. The fraction of sp³-hybridized carbons (Fsp3) is 0.0769. The molecule has 0 spiro atoms. The van der Waals surface area contributed by atoms with Gasteiger partial charge in [0.1, 0.15) is 5.70 Å². The first-order valence-electron chi connectivity index (χ1n) is 10.3. The van der Waals surface area contributed by atoms with Gasteiger partial charge in [-0.2, -0.15) is 0 Å². The van der Waals surface area contributed by atoms with Crippen LogP contribution in [0.4, 0.5) is 5.69 Å². The van der Waals surface area contributed by atoms with Crippen LogP contribution in [0.2, 0.25) is 10.0 Å². The number of amides is 1. The van der Waals surface area contributed by atoms with Crippen LogP contribution in [0.1, 0.15) is 11.1 Å². The van der Waals surface area contributed by atoms with Crippen molar-refractivity contribution < 1.29 is 4.79 Å². The molecule has 2 heterocycles. The highest BCUT2D eigenvalue weighted by Gasteiger charge is 2.36. The highest BCUT2D eigenvalue weighted by atomic mass is 35.5. The molecule has 5 rings (SSSR count). The van der Waals surface area contributed by atoms with Gasteiger partial charge in [-0.05, 0) is 54.2 Å². The van der Waals surface area contributed by atoms with Crippen molar-refractivity contribution in [2.75, 3.05) is 11.9 Å². The summed E-state index contributed by atoms with van der Waals surface area (Å²) in [7, 11) is 1.82. The van der Waals surface area contributed by atoms with Crippen LogP contribution in [0, 0.1) is 0 Å². The number of aromatic nitrogens is 1. The average molecular weight is 492 g/mol. The minimum Gasteiger partial charge on any atom is -0.342 e. The summed E-state index contributed by atoms with van der Waals surface area (Å²) in [5.41, 5.74) is 4.22. The Morgan fingerprint density at radius 3 is 2.45 bits per heavy atom. The lowest BCUT2D eigenvalue weighted by molar-refractivity contribution is -0.114. The maximum absolute atomic E-state index is 13.3. The van der Waals surface area contributed by atoms with Crippen molar-refractivity contribution in [3.8, 4) is 0 Å². The van der Waals surface area contributed by atoms with Crippen molar-refractivity contribution in [2.45, 2.75) is 6.54 Å². The predicted molar refractivity (Wildman–Crippen MR) is 140 cm³/mol. The maximum Gasteiger partial charge on any atom is 0.281 e. The number of rotatable bonds is 4. The van der Waals surface area contributed by atoms with Gasteiger partial charge in [0.15, 0.2) is 5.11 Å². The number of thiocarbonyl (C=S) groups is 1. The number of carbonyl (C=O) groups is 1. The Morgan fingerprint density at radius 1 is 0.970 bits per heavy atom. The Kier molecular flexibility index (Phi) is 5.71. The zero-order valence-corrected chi connectivity index (χ0v) is 20.0. The quantitative estimate of drug-likeness (QED) is 0.237. The Bertz CT molecular complexity index is 1430. The summed E-state index contributed by atoms with van der Waals surface area (Å²) in [6.07, 6.45) is 3.94. The second-order valence-corrected chi connectivity index (χ2v) is 9.02. The molecule has 7 heteroatoms. The van der Waals surface area contributed by atoms with Gasteiger partial charge in [-0.25, -0.2) is 0 Å². The fourth-order valence-corrected chi connectivity index (χ4v) is 4.82. The molecule has 0 unspecified atom stereocenters. The minimum absolute atomic E-state index is 0.147. The smallest absolute Gasteiger partial charge is 0.281 e. The number of benzene rings is 3. The van der Waals surface area contributed by atoms with Crippen LogP contribution in [0.5, 0.6) is 0 Å². The Labute approximate surface area is 207 Å². The van der Waals surface area contributed by atoms with E-state index >= 15 is 0 Å². The molecule has 0 radical (unpaired) electrons. The second-order valence-electron chi connectivity index (χ2n) is 7.81. The van der Waals surface area contributed by atoms with Crippen molar-refractivity contribution in [3.05, 3.63) is 106 Å². The lowest BCUT2D eigenvalue weighted by Crippen LogP contribution is -2.30. The molecular formula is C26H19Cl2N3OS. The summed E-state index contributed by atoms with van der Waals surface area (Å²) in [5.74, 6) is -0.147. The van der Waals surface area contributed by atoms with Gasteiger partial charge < -0.3 is 9.47 Å². The maximum atomic E-state index is 13.3. The highest BCUT2D eigenvalue weighted by Crippen LogP contribution is 2.31. The number of anilines is 1. The molecule has 1 aromatic heterocycles. The molecule has 3 aromatic carbocycles. The molecular weight excluding hydrogens is 473 g/mol. The molecule has 1 aliphatic heterocycles. The fourth-order valence-electron chi connectivity index (χ4n) is 4.06. The zero-order chi connectivity index (χ0) is 23.1. The molecule has 1 saturated heterocycles. The van der Waals surface area contributed by atoms with E-state index in [0.717, 1.165) is 27.7 Å². The molecule has 1 amide bonds. The molecule has 33 heavy (non-hydrogen) atoms. The normalized spacial score (nSPS) is 15.3. The summed E-state index contributed by atoms with van der Waals surface area (Å²) in [5, 5.41) is 2.72. The zero-order valence-electron chi connectivity index (χ0n) is 17.7. The Balaban J connectivity index is 1.57. The number of halogens is 2. The molecule has 164 valence electrons. The van der Waals surface area contributed by atoms with Crippen LogP contribution < -0.4 is 4.90 Å². The van der Waals surface area contributed by atoms with E-state index in [1.165, 1.54) is 0 Å². The minimum atomic E-state index is -0.147. The van der Waals surface area contributed by atoms with Crippen LogP contribution >= 0.6 is 35.4 Å². The van der Waals surface area contributed by atoms with E-state index in [1.54, 1.807) is 15.9 Å². The van der Waals surface area contributed by atoms with Crippen molar-refractivity contribution in [3.63, 3.8) is 0 Å². The third-order valence-electron chi connectivity index (χ3n) is 5.74. The van der Waals surface area contributed by atoms with Crippen molar-refractivity contribution >= 4 is 69.1 Å². The monoisotopic (exact) mass is 491 g/mol. The van der Waals surface area contributed by atoms with Crippen LogP contribution in [-0.2, 0) is 11.3 Å². The van der Waals surface area contributed by atoms with E-state index in [2.05, 4.69) is 16.7 Å². The molecule has 0 aliphatic carbocycles. The summed E-state index contributed by atoms with van der Waals surface area (Å²) in [4.78, 5) is 16.7. The van der Waals surface area contributed by atoms with E-state index in [4.69, 9.17) is 35.4 Å². The molecule has 0 saturated carbocycles. The summed E-state index contributed by atoms with van der Waals surface area (Å²) >= 11 is 18.1. The number of hydrogen-bond acceptors (Lipinski definition) is 2. The second kappa shape index (κ2) is 8.67. The number of para-hydroxylation sites is 2. The van der Waals surface area contributed by atoms with Gasteiger partial charge in [0.2, 0.25) is 0 Å². The third kappa shape index (κ3) is 3.93. The van der Waals surface area contributed by atoms with E-state index in [1.807, 2.05) is 73.9 Å². The first kappa shape index (κ1) is 21.7. The van der Waals surface area contributed by atoms with Gasteiger partial charge in [-0.3, -0.25) is 9.69 Å². The lowest BCUT2D eigenvalue weighted by atomic mass is 10.1. The third-order valence-corrected chi connectivity index (χ3v) is 6.79. The number of hydrogen-bond donors (Lipinski definition) is 0. The summed E-state index contributed by atoms with van der Waals surface area (Å²) < 4.78 is 2.13. The van der Waals surface area contributed by atoms with E-state index < -0.39 is 0 Å². The van der Waals surface area contributed by atoms with Crippen molar-refractivity contribution in [1.82, 2.24) is 9.47 Å². The molecule has 4 aromatic rings. The molecule has 0 atom stereocenters. The van der Waals surface area contributed by atoms with E-state index in [9.17, 15) is 4.79 Å². The number of fused-ring (bicyclic) bond motifs is 1. The van der Waals surface area contributed by atoms with Crippen LogP contribution in [-0.4, -0.2) is 27.5 Å². The lowest BCUT2D eigenvalue weighted by Gasteiger charge is -2.16. The largest absolute Gasteiger partial charge is 0.342 e. The molecule has 4 nitrogen and oxygen atoms in total. The van der Waals surface area contributed by atoms with Gasteiger partial charge in [-0.1, -0.05) is 65.7 Å². The number of nitrogens with zero attached hydrogens (tertiary/aromatic N) is 3. The predicted octanol–water partition coefficient (Wildman–Crippen LogP) is 6.60. The van der Waals surface area contributed by atoms with E-state index in [0.29, 0.717) is 27.4 Å². The molecule has 1 fully saturated rings. The van der Waals surface area contributed by atoms with Crippen LogP contribution in [0.15, 0.2) is 84.7 Å². The SMILES string of the molecule is CN1C(=S)N(c2ccccc2)C(=O)/C1=C/c1cn(Cc2ccc(Cl)cc2Cl)c2ccccc12. The average Bonchev–Trinajstić information content (AvgIpc) is 3.26. The van der Waals surface area contributed by atoms with Crippen molar-refractivity contribution in [2.24, 2.45) is 0 Å².